The molecule has 10 nitrogen and oxygen atoms in total. The first kappa shape index (κ1) is 29.8. The van der Waals surface area contributed by atoms with Crippen molar-refractivity contribution >= 4 is 22.7 Å². The van der Waals surface area contributed by atoms with Crippen molar-refractivity contribution in [3.05, 3.63) is 60.3 Å². The van der Waals surface area contributed by atoms with Crippen LogP contribution in [0, 0.1) is 11.3 Å². The Kier molecular flexibility index (Phi) is 10.1. The Balaban J connectivity index is 1.36. The van der Waals surface area contributed by atoms with Gasteiger partial charge in [-0.3, -0.25) is 14.6 Å². The number of hydrogen-bond donors (Lipinski definition) is 2. The van der Waals surface area contributed by atoms with E-state index in [0.29, 0.717) is 56.2 Å². The Bertz CT molecular complexity index is 1400. The summed E-state index contributed by atoms with van der Waals surface area (Å²) in [4.78, 5) is 30.6. The van der Waals surface area contributed by atoms with E-state index in [1.807, 2.05) is 36.4 Å². The molecule has 0 saturated carbocycles. The van der Waals surface area contributed by atoms with Crippen LogP contribution in [-0.2, 0) is 14.3 Å². The number of amides is 2. The lowest BCUT2D eigenvalue weighted by molar-refractivity contribution is -0.131. The maximum Gasteiger partial charge on any atom is 0.268 e. The van der Waals surface area contributed by atoms with Crippen molar-refractivity contribution in [2.45, 2.75) is 18.4 Å². The fourth-order valence-electron chi connectivity index (χ4n) is 4.44. The number of alkyl halides is 2. The highest BCUT2D eigenvalue weighted by atomic mass is 19.3. The zero-order valence-corrected chi connectivity index (χ0v) is 22.4. The molecule has 2 amide bonds. The third-order valence-corrected chi connectivity index (χ3v) is 6.44. The summed E-state index contributed by atoms with van der Waals surface area (Å²) in [6.07, 6.45) is 0.767. The van der Waals surface area contributed by atoms with E-state index in [1.54, 1.807) is 12.1 Å². The van der Waals surface area contributed by atoms with E-state index in [-0.39, 0.29) is 5.56 Å². The van der Waals surface area contributed by atoms with Crippen LogP contribution in [0.25, 0.3) is 22.0 Å². The van der Waals surface area contributed by atoms with Crippen molar-refractivity contribution in [3.8, 4) is 22.9 Å². The number of rotatable bonds is 13. The van der Waals surface area contributed by atoms with Gasteiger partial charge in [-0.15, -0.1) is 0 Å². The van der Waals surface area contributed by atoms with Gasteiger partial charge in [-0.1, -0.05) is 18.2 Å². The van der Waals surface area contributed by atoms with Gasteiger partial charge in [0, 0.05) is 24.5 Å². The number of pyridine rings is 1. The molecule has 216 valence electrons. The van der Waals surface area contributed by atoms with Crippen LogP contribution in [0.5, 0.6) is 5.75 Å². The third kappa shape index (κ3) is 7.94. The van der Waals surface area contributed by atoms with E-state index >= 15 is 0 Å². The van der Waals surface area contributed by atoms with Gasteiger partial charge in [0.1, 0.15) is 18.4 Å². The molecule has 2 aromatic carbocycles. The second-order valence-electron chi connectivity index (χ2n) is 9.39. The number of likely N-dealkylation sites (tertiary alicyclic amines) is 1. The van der Waals surface area contributed by atoms with Crippen molar-refractivity contribution in [3.63, 3.8) is 0 Å². The monoisotopic (exact) mass is 567 g/mol. The topological polar surface area (TPSA) is 140 Å². The van der Waals surface area contributed by atoms with Crippen LogP contribution in [0.15, 0.2) is 54.7 Å². The summed E-state index contributed by atoms with van der Waals surface area (Å²) < 4.78 is 43.8. The highest BCUT2D eigenvalue weighted by Crippen LogP contribution is 2.32. The summed E-state index contributed by atoms with van der Waals surface area (Å²) in [6, 6.07) is 15.0. The minimum atomic E-state index is -3.13. The summed E-state index contributed by atoms with van der Waals surface area (Å²) in [5, 5.41) is 12.2. The van der Waals surface area contributed by atoms with Crippen LogP contribution in [0.3, 0.4) is 0 Å². The number of nitrogens with two attached hydrogens (primary N) is 1. The molecule has 1 aliphatic heterocycles. The van der Waals surface area contributed by atoms with Crippen molar-refractivity contribution < 1.29 is 32.6 Å². The summed E-state index contributed by atoms with van der Waals surface area (Å²) in [5.74, 6) is -3.75. The number of aromatic nitrogens is 1. The van der Waals surface area contributed by atoms with Gasteiger partial charge in [-0.2, -0.15) is 5.26 Å². The zero-order valence-electron chi connectivity index (χ0n) is 22.4. The number of benzene rings is 2. The number of nitrogens with zero attached hydrogens (tertiary/aromatic N) is 3. The standard InChI is InChI=1S/C29H31F2N5O5/c30-29(31)16-22(17-33)36(19-29)27(37)18-35-28(38)24-7-9-34-26-6-3-21(15-25(24)26)20-1-4-23(5-2-20)41-14-13-40-12-11-39-10-8-32/h1-7,9,15,22H,8,10-14,16,18-19,32H2,(H,35,38)/t22-/m0/s1. The molecule has 12 heteroatoms. The number of nitriles is 1. The lowest BCUT2D eigenvalue weighted by atomic mass is 10.0. The SMILES string of the molecule is N#C[C@@H]1CC(F)(F)CN1C(=O)CNC(=O)c1ccnc2ccc(-c3ccc(OCCOCCOCCN)cc3)cc12. The number of fused-ring (bicyclic) bond motifs is 1. The van der Waals surface area contributed by atoms with Crippen LogP contribution in [-0.4, -0.2) is 86.3 Å². The molecule has 4 rings (SSSR count). The van der Waals surface area contributed by atoms with Gasteiger partial charge in [0.15, 0.2) is 0 Å². The quantitative estimate of drug-likeness (QED) is 0.301. The van der Waals surface area contributed by atoms with Gasteiger partial charge >= 0.3 is 0 Å². The van der Waals surface area contributed by atoms with E-state index < -0.39 is 43.3 Å². The fourth-order valence-corrected chi connectivity index (χ4v) is 4.44. The maximum absolute atomic E-state index is 13.7. The van der Waals surface area contributed by atoms with E-state index in [0.717, 1.165) is 16.0 Å². The second kappa shape index (κ2) is 13.9. The molecule has 1 fully saturated rings. The van der Waals surface area contributed by atoms with Gasteiger partial charge in [0.25, 0.3) is 11.8 Å². The van der Waals surface area contributed by atoms with Crippen LogP contribution in [0.4, 0.5) is 8.78 Å². The molecular weight excluding hydrogens is 536 g/mol. The van der Waals surface area contributed by atoms with Crippen molar-refractivity contribution in [1.82, 2.24) is 15.2 Å². The van der Waals surface area contributed by atoms with E-state index in [4.69, 9.17) is 25.2 Å². The first-order valence-corrected chi connectivity index (χ1v) is 13.1. The average Bonchev–Trinajstić information content (AvgIpc) is 3.31. The lowest BCUT2D eigenvalue weighted by Crippen LogP contribution is -2.43. The highest BCUT2D eigenvalue weighted by Gasteiger charge is 2.47. The predicted octanol–water partition coefficient (Wildman–Crippen LogP) is 2.76. The van der Waals surface area contributed by atoms with Crippen molar-refractivity contribution in [1.29, 1.82) is 5.26 Å². The van der Waals surface area contributed by atoms with Gasteiger partial charge in [0.05, 0.1) is 56.7 Å². The van der Waals surface area contributed by atoms with Gasteiger partial charge in [-0.25, -0.2) is 8.78 Å². The number of halogens is 2. The lowest BCUT2D eigenvalue weighted by Gasteiger charge is -2.19. The van der Waals surface area contributed by atoms with Gasteiger partial charge in [-0.05, 0) is 41.5 Å². The zero-order chi connectivity index (χ0) is 29.2. The molecule has 2 heterocycles. The smallest absolute Gasteiger partial charge is 0.268 e. The molecule has 3 aromatic rings. The Morgan fingerprint density at radius 3 is 2.49 bits per heavy atom. The number of ether oxygens (including phenoxy) is 3. The Morgan fingerprint density at radius 2 is 1.76 bits per heavy atom. The first-order valence-electron chi connectivity index (χ1n) is 13.1. The number of carbonyl (C=O) groups is 2. The second-order valence-corrected chi connectivity index (χ2v) is 9.39. The Labute approximate surface area is 236 Å². The Morgan fingerprint density at radius 1 is 1.05 bits per heavy atom. The molecule has 0 aliphatic carbocycles. The van der Waals surface area contributed by atoms with Crippen LogP contribution in [0.1, 0.15) is 16.8 Å². The van der Waals surface area contributed by atoms with E-state index in [2.05, 4.69) is 10.3 Å². The molecular formula is C29H31F2N5O5. The molecule has 1 aromatic heterocycles. The minimum absolute atomic E-state index is 0.279. The maximum atomic E-state index is 13.7. The largest absolute Gasteiger partial charge is 0.491 e. The molecule has 0 radical (unpaired) electrons. The van der Waals surface area contributed by atoms with Gasteiger partial charge < -0.3 is 30.2 Å². The van der Waals surface area contributed by atoms with Crippen molar-refractivity contribution in [2.24, 2.45) is 5.73 Å². The van der Waals surface area contributed by atoms with Crippen LogP contribution >= 0.6 is 0 Å². The van der Waals surface area contributed by atoms with Crippen molar-refractivity contribution in [2.75, 3.05) is 52.7 Å². The molecule has 0 unspecified atom stereocenters. The van der Waals surface area contributed by atoms with E-state index in [9.17, 15) is 18.4 Å². The molecule has 3 N–H and O–H groups in total. The normalized spacial score (nSPS) is 16.0. The molecule has 1 saturated heterocycles. The highest BCUT2D eigenvalue weighted by molar-refractivity contribution is 6.07. The summed E-state index contributed by atoms with van der Waals surface area (Å²) in [6.45, 7) is 1.39. The summed E-state index contributed by atoms with van der Waals surface area (Å²) in [7, 11) is 0. The number of hydrogen-bond acceptors (Lipinski definition) is 8. The Hall–Kier alpha value is -4.18. The number of carbonyl (C=O) groups excluding carboxylic acids is 2. The molecule has 1 atom stereocenters. The minimum Gasteiger partial charge on any atom is -0.491 e. The fraction of sp³-hybridized carbons (Fsp3) is 0.379. The average molecular weight is 568 g/mol. The predicted molar refractivity (Wildman–Crippen MR) is 146 cm³/mol. The molecule has 0 spiro atoms. The molecule has 41 heavy (non-hydrogen) atoms. The summed E-state index contributed by atoms with van der Waals surface area (Å²) >= 11 is 0. The van der Waals surface area contributed by atoms with E-state index in [1.165, 1.54) is 12.3 Å². The number of nitrogens with one attached hydrogen (secondary N) is 1. The van der Waals surface area contributed by atoms with Crippen LogP contribution < -0.4 is 15.8 Å². The molecule has 0 bridgehead atoms. The van der Waals surface area contributed by atoms with Crippen LogP contribution in [0.2, 0.25) is 0 Å². The van der Waals surface area contributed by atoms with Gasteiger partial charge in [0.2, 0.25) is 5.91 Å². The molecule has 1 aliphatic rings. The first-order chi connectivity index (χ1) is 19.8. The third-order valence-electron chi connectivity index (χ3n) is 6.44. The summed E-state index contributed by atoms with van der Waals surface area (Å²) in [5.41, 5.74) is 7.93.